The zero-order chi connectivity index (χ0) is 17.7. The van der Waals surface area contributed by atoms with E-state index in [1.165, 1.54) is 6.39 Å². The molecule has 1 aliphatic rings. The summed E-state index contributed by atoms with van der Waals surface area (Å²) in [5, 5.41) is 6.39. The molecule has 0 aliphatic carbocycles. The molecule has 0 bridgehead atoms. The fraction of sp³-hybridized carbons (Fsp3) is 0.474. The van der Waals surface area contributed by atoms with Gasteiger partial charge in [-0.15, -0.1) is 24.8 Å². The Balaban J connectivity index is 0.00000182. The predicted octanol–water partition coefficient (Wildman–Crippen LogP) is 3.24. The van der Waals surface area contributed by atoms with E-state index in [4.69, 9.17) is 9.15 Å². The highest BCUT2D eigenvalue weighted by atomic mass is 35.5. The monoisotopic (exact) mass is 415 g/mol. The molecule has 1 amide bonds. The number of hydrogen-bond donors (Lipinski definition) is 2. The van der Waals surface area contributed by atoms with Crippen LogP contribution in [0.1, 0.15) is 28.9 Å². The number of nitrogens with one attached hydrogen (secondary N) is 2. The minimum absolute atomic E-state index is 0. The van der Waals surface area contributed by atoms with Gasteiger partial charge in [0, 0.05) is 24.6 Å². The Morgan fingerprint density at radius 1 is 1.26 bits per heavy atom. The van der Waals surface area contributed by atoms with Gasteiger partial charge in [0.15, 0.2) is 17.8 Å². The van der Waals surface area contributed by atoms with Crippen LogP contribution in [0.25, 0.3) is 11.3 Å². The predicted molar refractivity (Wildman–Crippen MR) is 110 cm³/mol. The first kappa shape index (κ1) is 23.4. The Kier molecular flexibility index (Phi) is 9.26. The molecule has 1 saturated heterocycles. The van der Waals surface area contributed by atoms with Crippen LogP contribution in [-0.2, 0) is 4.74 Å². The number of oxazole rings is 1. The summed E-state index contributed by atoms with van der Waals surface area (Å²) in [4.78, 5) is 16.8. The van der Waals surface area contributed by atoms with Crippen molar-refractivity contribution in [2.75, 3.05) is 33.4 Å². The number of aryl methyl sites for hydroxylation is 1. The zero-order valence-corrected chi connectivity index (χ0v) is 17.3. The first-order valence-corrected chi connectivity index (χ1v) is 8.62. The van der Waals surface area contributed by atoms with E-state index in [1.807, 2.05) is 31.2 Å². The van der Waals surface area contributed by atoms with Crippen LogP contribution in [0.2, 0.25) is 0 Å². The second-order valence-electron chi connectivity index (χ2n) is 6.76. The quantitative estimate of drug-likeness (QED) is 0.756. The van der Waals surface area contributed by atoms with Gasteiger partial charge in [-0.25, -0.2) is 4.98 Å². The van der Waals surface area contributed by atoms with Crippen LogP contribution in [0.3, 0.4) is 0 Å². The molecule has 0 unspecified atom stereocenters. The number of amides is 1. The molecule has 27 heavy (non-hydrogen) atoms. The van der Waals surface area contributed by atoms with Crippen molar-refractivity contribution >= 4 is 30.7 Å². The van der Waals surface area contributed by atoms with E-state index in [2.05, 4.69) is 15.6 Å². The number of piperidine rings is 1. The average molecular weight is 416 g/mol. The molecule has 1 aliphatic heterocycles. The summed E-state index contributed by atoms with van der Waals surface area (Å²) in [6, 6.07) is 7.85. The smallest absolute Gasteiger partial charge is 0.273 e. The van der Waals surface area contributed by atoms with Crippen molar-refractivity contribution in [3.63, 3.8) is 0 Å². The number of halogens is 2. The molecule has 0 radical (unpaired) electrons. The van der Waals surface area contributed by atoms with E-state index in [0.29, 0.717) is 24.6 Å². The van der Waals surface area contributed by atoms with Crippen LogP contribution in [-0.4, -0.2) is 44.2 Å². The zero-order valence-electron chi connectivity index (χ0n) is 15.6. The van der Waals surface area contributed by atoms with E-state index in [0.717, 1.165) is 37.1 Å². The lowest BCUT2D eigenvalue weighted by atomic mass is 9.79. The molecule has 0 saturated carbocycles. The first-order chi connectivity index (χ1) is 12.1. The second kappa shape index (κ2) is 10.7. The van der Waals surface area contributed by atoms with Gasteiger partial charge in [0.05, 0.1) is 6.61 Å². The van der Waals surface area contributed by atoms with Crippen molar-refractivity contribution < 1.29 is 13.9 Å². The van der Waals surface area contributed by atoms with Crippen molar-refractivity contribution in [3.05, 3.63) is 41.9 Å². The maximum atomic E-state index is 12.7. The lowest BCUT2D eigenvalue weighted by Gasteiger charge is -2.37. The first-order valence-electron chi connectivity index (χ1n) is 8.62. The Bertz CT molecular complexity index is 708. The fourth-order valence-corrected chi connectivity index (χ4v) is 3.30. The van der Waals surface area contributed by atoms with Crippen molar-refractivity contribution in [2.24, 2.45) is 5.41 Å². The van der Waals surface area contributed by atoms with Gasteiger partial charge in [0.1, 0.15) is 0 Å². The van der Waals surface area contributed by atoms with E-state index in [-0.39, 0.29) is 36.1 Å². The Morgan fingerprint density at radius 3 is 2.56 bits per heavy atom. The van der Waals surface area contributed by atoms with Crippen LogP contribution in [0, 0.1) is 12.3 Å². The molecule has 0 spiro atoms. The number of ether oxygens (including phenoxy) is 1. The van der Waals surface area contributed by atoms with Crippen LogP contribution in [0.15, 0.2) is 35.1 Å². The van der Waals surface area contributed by atoms with Gasteiger partial charge in [-0.05, 0) is 32.9 Å². The molecule has 2 N–H and O–H groups in total. The molecule has 150 valence electrons. The van der Waals surface area contributed by atoms with E-state index < -0.39 is 0 Å². The summed E-state index contributed by atoms with van der Waals surface area (Å²) in [7, 11) is 1.71. The normalized spacial score (nSPS) is 15.3. The number of carbonyl (C=O) groups excluding carboxylic acids is 1. The number of methoxy groups -OCH3 is 1. The third-order valence-electron chi connectivity index (χ3n) is 4.83. The standard InChI is InChI=1S/C19H25N3O3.2ClH/c1-14-3-5-15(6-4-14)17-16(22-13-25-17)18(23)21-11-19(12-24-2)7-9-20-10-8-19;;/h3-6,13,20H,7-12H2,1-2H3,(H,21,23);2*1H. The maximum absolute atomic E-state index is 12.7. The van der Waals surface area contributed by atoms with Crippen LogP contribution < -0.4 is 10.6 Å². The molecule has 1 aromatic carbocycles. The highest BCUT2D eigenvalue weighted by molar-refractivity contribution is 5.97. The summed E-state index contributed by atoms with van der Waals surface area (Å²) >= 11 is 0. The molecule has 2 heterocycles. The minimum atomic E-state index is -0.210. The third kappa shape index (κ3) is 5.69. The Hall–Kier alpha value is -1.60. The van der Waals surface area contributed by atoms with Crippen molar-refractivity contribution in [1.29, 1.82) is 0 Å². The largest absolute Gasteiger partial charge is 0.443 e. The number of rotatable bonds is 6. The lowest BCUT2D eigenvalue weighted by molar-refractivity contribution is 0.0511. The maximum Gasteiger partial charge on any atom is 0.273 e. The highest BCUT2D eigenvalue weighted by Crippen LogP contribution is 2.29. The highest BCUT2D eigenvalue weighted by Gasteiger charge is 2.33. The summed E-state index contributed by atoms with van der Waals surface area (Å²) in [6.45, 7) is 5.11. The molecule has 8 heteroatoms. The number of carbonyl (C=O) groups is 1. The van der Waals surface area contributed by atoms with E-state index in [9.17, 15) is 4.79 Å². The van der Waals surface area contributed by atoms with Crippen molar-refractivity contribution in [2.45, 2.75) is 19.8 Å². The van der Waals surface area contributed by atoms with Gasteiger partial charge in [-0.2, -0.15) is 0 Å². The summed E-state index contributed by atoms with van der Waals surface area (Å²) in [6.07, 6.45) is 3.27. The molecule has 2 aromatic rings. The molecule has 1 aromatic heterocycles. The van der Waals surface area contributed by atoms with Crippen LogP contribution >= 0.6 is 24.8 Å². The Morgan fingerprint density at radius 2 is 1.93 bits per heavy atom. The molecule has 3 rings (SSSR count). The van der Waals surface area contributed by atoms with E-state index >= 15 is 0 Å². The second-order valence-corrected chi connectivity index (χ2v) is 6.76. The van der Waals surface area contributed by atoms with Gasteiger partial charge in [-0.3, -0.25) is 4.79 Å². The molecule has 1 fully saturated rings. The SMILES string of the molecule is COCC1(CNC(=O)c2ncoc2-c2ccc(C)cc2)CCNCC1.Cl.Cl. The fourth-order valence-electron chi connectivity index (χ4n) is 3.30. The number of hydrogen-bond acceptors (Lipinski definition) is 5. The van der Waals surface area contributed by atoms with Gasteiger partial charge in [0.2, 0.25) is 0 Å². The third-order valence-corrected chi connectivity index (χ3v) is 4.83. The van der Waals surface area contributed by atoms with Gasteiger partial charge < -0.3 is 19.8 Å². The van der Waals surface area contributed by atoms with Gasteiger partial charge in [0.25, 0.3) is 5.91 Å². The summed E-state index contributed by atoms with van der Waals surface area (Å²) in [5.74, 6) is 0.293. The van der Waals surface area contributed by atoms with Crippen molar-refractivity contribution in [1.82, 2.24) is 15.6 Å². The Labute approximate surface area is 172 Å². The summed E-state index contributed by atoms with van der Waals surface area (Å²) in [5.41, 5.74) is 2.30. The van der Waals surface area contributed by atoms with Crippen LogP contribution in [0.5, 0.6) is 0 Å². The number of benzene rings is 1. The average Bonchev–Trinajstić information content (AvgIpc) is 3.11. The molecular weight excluding hydrogens is 389 g/mol. The number of nitrogens with zero attached hydrogens (tertiary/aromatic N) is 1. The van der Waals surface area contributed by atoms with Gasteiger partial charge >= 0.3 is 0 Å². The lowest BCUT2D eigenvalue weighted by Crippen LogP contribution is -2.47. The van der Waals surface area contributed by atoms with Crippen LogP contribution in [0.4, 0.5) is 0 Å². The molecular formula is C19H27Cl2N3O3. The van der Waals surface area contributed by atoms with E-state index in [1.54, 1.807) is 7.11 Å². The topological polar surface area (TPSA) is 76.4 Å². The minimum Gasteiger partial charge on any atom is -0.443 e. The van der Waals surface area contributed by atoms with Gasteiger partial charge in [-0.1, -0.05) is 29.8 Å². The molecule has 6 nitrogen and oxygen atoms in total. The molecule has 0 atom stereocenters. The summed E-state index contributed by atoms with van der Waals surface area (Å²) < 4.78 is 10.9. The van der Waals surface area contributed by atoms with Crippen molar-refractivity contribution in [3.8, 4) is 11.3 Å². The number of aromatic nitrogens is 1.